The van der Waals surface area contributed by atoms with Crippen molar-refractivity contribution in [3.8, 4) is 0 Å². The van der Waals surface area contributed by atoms with E-state index < -0.39 is 32.6 Å². The number of nitrogens with zero attached hydrogens (tertiary/aromatic N) is 1. The van der Waals surface area contributed by atoms with E-state index in [-0.39, 0.29) is 12.6 Å². The number of aldehydes is 1. The molecule has 0 unspecified atom stereocenters. The van der Waals surface area contributed by atoms with E-state index in [4.69, 9.17) is 13.9 Å². The monoisotopic (exact) mass is 421 g/mol. The van der Waals surface area contributed by atoms with Crippen LogP contribution in [0.3, 0.4) is 0 Å². The lowest BCUT2D eigenvalue weighted by Gasteiger charge is -2.35. The molecule has 1 aliphatic rings. The Hall–Kier alpha value is -2.19. The largest absolute Gasteiger partial charge is 0.452 e. The van der Waals surface area contributed by atoms with Crippen molar-refractivity contribution in [3.63, 3.8) is 0 Å². The molecule has 1 aromatic carbocycles. The van der Waals surface area contributed by atoms with Gasteiger partial charge in [0.25, 0.3) is 0 Å². The number of hydrogen-bond donors (Lipinski definition) is 0. The highest BCUT2D eigenvalue weighted by Crippen LogP contribution is 2.33. The van der Waals surface area contributed by atoms with Crippen molar-refractivity contribution in [1.82, 2.24) is 4.90 Å². The maximum Gasteiger partial charge on any atom is 0.410 e. The lowest BCUT2D eigenvalue weighted by Crippen LogP contribution is -2.49. The third-order valence-electron chi connectivity index (χ3n) is 5.55. The second kappa shape index (κ2) is 10.5. The van der Waals surface area contributed by atoms with Crippen LogP contribution in [0.4, 0.5) is 4.79 Å². The van der Waals surface area contributed by atoms with Gasteiger partial charge in [0.15, 0.2) is 20.7 Å². The molecule has 1 heterocycles. The Bertz CT molecular complexity index is 685. The normalized spacial score (nSPS) is 17.9. The molecule has 1 saturated heterocycles. The Morgan fingerprint density at radius 1 is 1.17 bits per heavy atom. The van der Waals surface area contributed by atoms with E-state index in [1.807, 2.05) is 30.3 Å². The van der Waals surface area contributed by atoms with E-state index in [1.165, 1.54) is 11.8 Å². The van der Waals surface area contributed by atoms with Gasteiger partial charge in [0.2, 0.25) is 0 Å². The summed E-state index contributed by atoms with van der Waals surface area (Å²) in [6.45, 7) is 8.08. The fraction of sp³-hybridized carbons (Fsp3) is 0.571. The van der Waals surface area contributed by atoms with Gasteiger partial charge in [0, 0.05) is 13.5 Å². The highest BCUT2D eigenvalue weighted by Gasteiger charge is 2.52. The van der Waals surface area contributed by atoms with Gasteiger partial charge in [0.1, 0.15) is 12.7 Å². The zero-order valence-corrected chi connectivity index (χ0v) is 18.6. The van der Waals surface area contributed by atoms with E-state index in [2.05, 4.69) is 20.8 Å². The predicted octanol–water partition coefficient (Wildman–Crippen LogP) is 3.53. The number of amides is 1. The number of carbonyl (C=O) groups excluding carboxylic acids is 3. The van der Waals surface area contributed by atoms with Gasteiger partial charge < -0.3 is 13.9 Å². The standard InChI is InChI=1S/C21H31NO6Si/c1-5-29(6-2,7-3)28-20(19(14-23)27-16(4)24)18-13-22(18)21(25)26-15-17-11-9-8-10-12-17/h8-12,14,18-20H,5-7,13,15H2,1-4H3/t18-,19+,20+,22?/m0/s1. The predicted molar refractivity (Wildman–Crippen MR) is 111 cm³/mol. The van der Waals surface area contributed by atoms with Gasteiger partial charge in [-0.25, -0.2) is 4.79 Å². The zero-order valence-electron chi connectivity index (χ0n) is 17.6. The number of benzene rings is 1. The maximum atomic E-state index is 12.5. The summed E-state index contributed by atoms with van der Waals surface area (Å²) in [6.07, 6.45) is -1.58. The van der Waals surface area contributed by atoms with Gasteiger partial charge in [-0.3, -0.25) is 14.5 Å². The first-order valence-corrected chi connectivity index (χ1v) is 12.7. The molecule has 0 aromatic heterocycles. The molecule has 7 nitrogen and oxygen atoms in total. The van der Waals surface area contributed by atoms with E-state index in [9.17, 15) is 14.4 Å². The van der Waals surface area contributed by atoms with E-state index in [0.717, 1.165) is 23.7 Å². The van der Waals surface area contributed by atoms with Crippen LogP contribution in [-0.2, 0) is 30.1 Å². The highest BCUT2D eigenvalue weighted by molar-refractivity contribution is 6.73. The van der Waals surface area contributed by atoms with Crippen molar-refractivity contribution < 1.29 is 28.3 Å². The summed E-state index contributed by atoms with van der Waals surface area (Å²) in [7, 11) is -2.10. The smallest absolute Gasteiger partial charge is 0.410 e. The van der Waals surface area contributed by atoms with Crippen LogP contribution in [0.2, 0.25) is 18.1 Å². The summed E-state index contributed by atoms with van der Waals surface area (Å²) in [4.78, 5) is 37.1. The summed E-state index contributed by atoms with van der Waals surface area (Å²) >= 11 is 0. The SMILES string of the molecule is CC[Si](CC)(CC)O[C@@H]([C@@H](C=O)OC(C)=O)[C@@H]1CN1C(=O)OCc1ccccc1. The van der Waals surface area contributed by atoms with Crippen LogP contribution in [-0.4, -0.2) is 56.4 Å². The lowest BCUT2D eigenvalue weighted by atomic mass is 10.1. The molecular formula is C21H31NO6Si. The molecule has 0 saturated carbocycles. The molecule has 0 bridgehead atoms. The minimum Gasteiger partial charge on any atom is -0.452 e. The van der Waals surface area contributed by atoms with E-state index >= 15 is 0 Å². The van der Waals surface area contributed by atoms with Crippen LogP contribution >= 0.6 is 0 Å². The number of esters is 1. The van der Waals surface area contributed by atoms with Gasteiger partial charge >= 0.3 is 12.1 Å². The van der Waals surface area contributed by atoms with Gasteiger partial charge in [-0.05, 0) is 23.7 Å². The highest BCUT2D eigenvalue weighted by atomic mass is 28.4. The molecule has 29 heavy (non-hydrogen) atoms. The second-order valence-electron chi connectivity index (χ2n) is 7.30. The Morgan fingerprint density at radius 2 is 1.79 bits per heavy atom. The molecule has 1 fully saturated rings. The topological polar surface area (TPSA) is 81.9 Å². The molecule has 1 aliphatic heterocycles. The minimum absolute atomic E-state index is 0.174. The molecule has 2 rings (SSSR count). The van der Waals surface area contributed by atoms with Crippen molar-refractivity contribution in [1.29, 1.82) is 0 Å². The van der Waals surface area contributed by atoms with Crippen molar-refractivity contribution in [3.05, 3.63) is 35.9 Å². The van der Waals surface area contributed by atoms with Gasteiger partial charge in [-0.15, -0.1) is 0 Å². The van der Waals surface area contributed by atoms with E-state index in [0.29, 0.717) is 12.8 Å². The van der Waals surface area contributed by atoms with Crippen LogP contribution in [0, 0.1) is 0 Å². The van der Waals surface area contributed by atoms with Gasteiger partial charge in [-0.1, -0.05) is 51.1 Å². The van der Waals surface area contributed by atoms with Crippen molar-refractivity contribution in [2.24, 2.45) is 0 Å². The molecular weight excluding hydrogens is 390 g/mol. The lowest BCUT2D eigenvalue weighted by molar-refractivity contribution is -0.155. The molecule has 3 atom stereocenters. The number of carbonyl (C=O) groups is 3. The Labute approximate surface area is 173 Å². The number of ether oxygens (including phenoxy) is 2. The summed E-state index contributed by atoms with van der Waals surface area (Å²) in [6, 6.07) is 11.7. The first-order valence-electron chi connectivity index (χ1n) is 10.2. The Morgan fingerprint density at radius 3 is 2.31 bits per heavy atom. The zero-order chi connectivity index (χ0) is 21.4. The summed E-state index contributed by atoms with van der Waals surface area (Å²) < 4.78 is 17.1. The fourth-order valence-electron chi connectivity index (χ4n) is 3.46. The molecule has 1 amide bonds. The fourth-order valence-corrected chi connectivity index (χ4v) is 6.33. The average molecular weight is 422 g/mol. The molecule has 0 N–H and O–H groups in total. The molecule has 8 heteroatoms. The van der Waals surface area contributed by atoms with Crippen LogP contribution in [0.1, 0.15) is 33.3 Å². The first-order chi connectivity index (χ1) is 13.9. The molecule has 0 radical (unpaired) electrons. The van der Waals surface area contributed by atoms with Crippen molar-refractivity contribution >= 4 is 26.7 Å². The minimum atomic E-state index is -2.10. The van der Waals surface area contributed by atoms with Crippen LogP contribution in [0.25, 0.3) is 0 Å². The van der Waals surface area contributed by atoms with Crippen molar-refractivity contribution in [2.75, 3.05) is 6.54 Å². The summed E-state index contributed by atoms with van der Waals surface area (Å²) in [5.74, 6) is -0.550. The Balaban J connectivity index is 2.09. The number of rotatable bonds is 11. The molecule has 0 spiro atoms. The third kappa shape index (κ3) is 6.14. The molecule has 0 aliphatic carbocycles. The number of hydrogen-bond acceptors (Lipinski definition) is 6. The van der Waals surface area contributed by atoms with Crippen LogP contribution < -0.4 is 0 Å². The summed E-state index contributed by atoms with van der Waals surface area (Å²) in [5.41, 5.74) is 0.895. The second-order valence-corrected chi connectivity index (χ2v) is 12.0. The molecule has 1 aromatic rings. The van der Waals surface area contributed by atoms with E-state index in [1.54, 1.807) is 0 Å². The quantitative estimate of drug-likeness (QED) is 0.235. The van der Waals surface area contributed by atoms with Crippen LogP contribution in [0.15, 0.2) is 30.3 Å². The van der Waals surface area contributed by atoms with Crippen molar-refractivity contribution in [2.45, 2.75) is 70.7 Å². The summed E-state index contributed by atoms with van der Waals surface area (Å²) in [5, 5.41) is 0. The third-order valence-corrected chi connectivity index (χ3v) is 10.2. The average Bonchev–Trinajstić information content (AvgIpc) is 3.53. The maximum absolute atomic E-state index is 12.5. The molecule has 160 valence electrons. The first kappa shape index (κ1) is 23.1. The van der Waals surface area contributed by atoms with Gasteiger partial charge in [-0.2, -0.15) is 0 Å². The Kier molecular flexibility index (Phi) is 8.40. The van der Waals surface area contributed by atoms with Crippen LogP contribution in [0.5, 0.6) is 0 Å². The van der Waals surface area contributed by atoms with Gasteiger partial charge in [0.05, 0.1) is 6.04 Å².